The van der Waals surface area contributed by atoms with Gasteiger partial charge in [-0.05, 0) is 12.3 Å². The Bertz CT molecular complexity index is 328. The Labute approximate surface area is 138 Å². The fourth-order valence-electron chi connectivity index (χ4n) is 2.57. The van der Waals surface area contributed by atoms with E-state index in [0.717, 1.165) is 32.3 Å². The van der Waals surface area contributed by atoms with Crippen molar-refractivity contribution in [3.63, 3.8) is 0 Å². The van der Waals surface area contributed by atoms with Gasteiger partial charge in [-0.2, -0.15) is 8.42 Å². The largest absolute Gasteiger partial charge is 0.399 e. The van der Waals surface area contributed by atoms with Gasteiger partial charge < -0.3 is 0 Å². The third-order valence-corrected chi connectivity index (χ3v) is 4.94. The molecule has 0 rings (SSSR count). The standard InChI is InChI=1S/C17H36O4S/c1-4-5-6-7-8-11-14-17(2)15-12-9-10-13-16-21-22(18,19)20-3/h17H,4-16H2,1-3H3. The molecule has 0 aliphatic heterocycles. The van der Waals surface area contributed by atoms with E-state index >= 15 is 0 Å². The Morgan fingerprint density at radius 1 is 0.818 bits per heavy atom. The molecule has 0 saturated carbocycles. The lowest BCUT2D eigenvalue weighted by molar-refractivity contribution is 0.238. The molecule has 0 aromatic rings. The van der Waals surface area contributed by atoms with E-state index < -0.39 is 10.4 Å². The molecule has 0 heterocycles. The number of unbranched alkanes of at least 4 members (excludes halogenated alkanes) is 8. The monoisotopic (exact) mass is 336 g/mol. The van der Waals surface area contributed by atoms with Crippen LogP contribution in [0.4, 0.5) is 0 Å². The van der Waals surface area contributed by atoms with Gasteiger partial charge in [-0.25, -0.2) is 4.18 Å². The summed E-state index contributed by atoms with van der Waals surface area (Å²) in [5.74, 6) is 0.816. The second-order valence-electron chi connectivity index (χ2n) is 6.26. The van der Waals surface area contributed by atoms with Gasteiger partial charge in [0.1, 0.15) is 0 Å². The van der Waals surface area contributed by atoms with Crippen LogP contribution in [0.1, 0.15) is 90.9 Å². The van der Waals surface area contributed by atoms with Crippen LogP contribution in [0, 0.1) is 5.92 Å². The molecule has 22 heavy (non-hydrogen) atoms. The van der Waals surface area contributed by atoms with E-state index in [4.69, 9.17) is 0 Å². The van der Waals surface area contributed by atoms with Crippen molar-refractivity contribution >= 4 is 10.4 Å². The molecule has 0 aromatic heterocycles. The average Bonchev–Trinajstić information content (AvgIpc) is 2.49. The molecule has 134 valence electrons. The van der Waals surface area contributed by atoms with Crippen LogP contribution in [0.2, 0.25) is 0 Å². The summed E-state index contributed by atoms with van der Waals surface area (Å²) in [6, 6.07) is 0. The first-order valence-corrected chi connectivity index (χ1v) is 10.3. The normalized spacial score (nSPS) is 13.4. The molecule has 4 nitrogen and oxygen atoms in total. The zero-order chi connectivity index (χ0) is 16.7. The Morgan fingerprint density at radius 3 is 1.86 bits per heavy atom. The molecule has 0 radical (unpaired) electrons. The highest BCUT2D eigenvalue weighted by Gasteiger charge is 2.07. The van der Waals surface area contributed by atoms with Gasteiger partial charge in [0.2, 0.25) is 0 Å². The minimum atomic E-state index is -3.74. The maximum atomic E-state index is 10.9. The van der Waals surface area contributed by atoms with Gasteiger partial charge in [0, 0.05) is 0 Å². The molecule has 0 fully saturated rings. The summed E-state index contributed by atoms with van der Waals surface area (Å²) in [7, 11) is -2.63. The van der Waals surface area contributed by atoms with Gasteiger partial charge in [0.15, 0.2) is 0 Å². The van der Waals surface area contributed by atoms with Crippen LogP contribution in [0.5, 0.6) is 0 Å². The molecule has 0 spiro atoms. The van der Waals surface area contributed by atoms with Crippen molar-refractivity contribution < 1.29 is 16.8 Å². The van der Waals surface area contributed by atoms with Gasteiger partial charge in [0.05, 0.1) is 13.7 Å². The Kier molecular flexibility index (Phi) is 14.4. The third kappa shape index (κ3) is 14.8. The average molecular weight is 337 g/mol. The SMILES string of the molecule is CCCCCCCCC(C)CCCCCCOS(=O)(=O)OC. The van der Waals surface area contributed by atoms with Crippen LogP contribution in [0.3, 0.4) is 0 Å². The van der Waals surface area contributed by atoms with Gasteiger partial charge >= 0.3 is 10.4 Å². The molecule has 0 amide bonds. The number of rotatable bonds is 16. The summed E-state index contributed by atoms with van der Waals surface area (Å²) < 4.78 is 30.7. The molecule has 0 saturated heterocycles. The van der Waals surface area contributed by atoms with Crippen molar-refractivity contribution in [2.24, 2.45) is 5.92 Å². The minimum absolute atomic E-state index is 0.226. The van der Waals surface area contributed by atoms with E-state index in [0.29, 0.717) is 0 Å². The lowest BCUT2D eigenvalue weighted by Gasteiger charge is -2.11. The highest BCUT2D eigenvalue weighted by Crippen LogP contribution is 2.18. The van der Waals surface area contributed by atoms with Crippen molar-refractivity contribution in [2.45, 2.75) is 90.9 Å². The molecule has 0 aliphatic rings. The van der Waals surface area contributed by atoms with Crippen LogP contribution >= 0.6 is 0 Å². The lowest BCUT2D eigenvalue weighted by Crippen LogP contribution is -2.08. The maximum absolute atomic E-state index is 10.9. The fourth-order valence-corrected chi connectivity index (χ4v) is 2.99. The molecule has 0 aromatic carbocycles. The van der Waals surface area contributed by atoms with E-state index in [1.807, 2.05) is 0 Å². The quantitative estimate of drug-likeness (QED) is 0.362. The minimum Gasteiger partial charge on any atom is -0.252 e. The second kappa shape index (κ2) is 14.5. The van der Waals surface area contributed by atoms with E-state index in [9.17, 15) is 8.42 Å². The zero-order valence-electron chi connectivity index (χ0n) is 14.8. The Balaban J connectivity index is 3.30. The Morgan fingerprint density at radius 2 is 1.32 bits per heavy atom. The van der Waals surface area contributed by atoms with Crippen molar-refractivity contribution in [3.05, 3.63) is 0 Å². The zero-order valence-corrected chi connectivity index (χ0v) is 15.6. The van der Waals surface area contributed by atoms with E-state index in [-0.39, 0.29) is 6.61 Å². The van der Waals surface area contributed by atoms with Crippen molar-refractivity contribution in [2.75, 3.05) is 13.7 Å². The first-order valence-electron chi connectivity index (χ1n) is 8.96. The van der Waals surface area contributed by atoms with Crippen molar-refractivity contribution in [1.82, 2.24) is 0 Å². The molecule has 0 N–H and O–H groups in total. The molecular weight excluding hydrogens is 300 g/mol. The van der Waals surface area contributed by atoms with Gasteiger partial charge in [-0.3, -0.25) is 4.18 Å². The molecule has 1 atom stereocenters. The van der Waals surface area contributed by atoms with Crippen LogP contribution < -0.4 is 0 Å². The van der Waals surface area contributed by atoms with E-state index in [1.54, 1.807) is 0 Å². The smallest absolute Gasteiger partial charge is 0.252 e. The first kappa shape index (κ1) is 21.9. The van der Waals surface area contributed by atoms with Crippen LogP contribution in [0.15, 0.2) is 0 Å². The van der Waals surface area contributed by atoms with Gasteiger partial charge in [-0.1, -0.05) is 84.5 Å². The van der Waals surface area contributed by atoms with E-state index in [1.165, 1.54) is 57.8 Å². The molecular formula is C17H36O4S. The molecule has 1 unspecified atom stereocenters. The maximum Gasteiger partial charge on any atom is 0.399 e. The van der Waals surface area contributed by atoms with Crippen LogP contribution in [0.25, 0.3) is 0 Å². The lowest BCUT2D eigenvalue weighted by atomic mass is 9.96. The summed E-state index contributed by atoms with van der Waals surface area (Å²) in [5.41, 5.74) is 0. The van der Waals surface area contributed by atoms with Crippen LogP contribution in [-0.2, 0) is 18.8 Å². The highest BCUT2D eigenvalue weighted by atomic mass is 32.3. The second-order valence-corrected chi connectivity index (χ2v) is 7.65. The topological polar surface area (TPSA) is 52.6 Å². The molecule has 5 heteroatoms. The predicted molar refractivity (Wildman–Crippen MR) is 92.1 cm³/mol. The van der Waals surface area contributed by atoms with Gasteiger partial charge in [0.25, 0.3) is 0 Å². The number of hydrogen-bond acceptors (Lipinski definition) is 4. The number of hydrogen-bond donors (Lipinski definition) is 0. The molecule has 0 aliphatic carbocycles. The summed E-state index contributed by atoms with van der Waals surface area (Å²) in [5, 5.41) is 0. The van der Waals surface area contributed by atoms with Crippen molar-refractivity contribution in [3.8, 4) is 0 Å². The molecule has 0 bridgehead atoms. The summed E-state index contributed by atoms with van der Waals surface area (Å²) >= 11 is 0. The Hall–Kier alpha value is -0.130. The third-order valence-electron chi connectivity index (χ3n) is 4.07. The van der Waals surface area contributed by atoms with Crippen LogP contribution in [-0.4, -0.2) is 22.1 Å². The summed E-state index contributed by atoms with van der Waals surface area (Å²) in [6.07, 6.45) is 15.0. The van der Waals surface area contributed by atoms with Gasteiger partial charge in [-0.15, -0.1) is 0 Å². The summed E-state index contributed by atoms with van der Waals surface area (Å²) in [6.45, 7) is 4.83. The highest BCUT2D eigenvalue weighted by molar-refractivity contribution is 7.81. The first-order chi connectivity index (χ1) is 10.5. The van der Waals surface area contributed by atoms with E-state index in [2.05, 4.69) is 22.2 Å². The fraction of sp³-hybridized carbons (Fsp3) is 1.00. The predicted octanol–water partition coefficient (Wildman–Crippen LogP) is 5.23. The summed E-state index contributed by atoms with van der Waals surface area (Å²) in [4.78, 5) is 0. The van der Waals surface area contributed by atoms with Crippen molar-refractivity contribution in [1.29, 1.82) is 0 Å².